The highest BCUT2D eigenvalue weighted by molar-refractivity contribution is 7.98. The number of anilines is 1. The normalized spacial score (nSPS) is 11.1. The molecule has 0 aliphatic rings. The number of ether oxygens (including phenoxy) is 1. The number of thioether (sulfide) groups is 1. The number of nitrogens with two attached hydrogens (primary N) is 1. The van der Waals surface area contributed by atoms with Gasteiger partial charge in [-0.1, -0.05) is 54.2 Å². The standard InChI is InChI=1S/C23H21N5OS/c1-29-19-13-11-17(12-14-19)15-25-28-22(20-9-5-6-10-21(20)24)26-27-23(28)30-16-18-7-3-2-4-8-18/h2-15H,16,24H2,1H3. The van der Waals surface area contributed by atoms with Gasteiger partial charge in [-0.3, -0.25) is 0 Å². The van der Waals surface area contributed by atoms with E-state index in [2.05, 4.69) is 27.4 Å². The number of nitrogens with zero attached hydrogens (tertiary/aromatic N) is 4. The Balaban J connectivity index is 1.67. The van der Waals surface area contributed by atoms with Crippen LogP contribution in [0.5, 0.6) is 5.75 Å². The minimum absolute atomic E-state index is 0.605. The van der Waals surface area contributed by atoms with E-state index in [1.165, 1.54) is 5.56 Å². The fourth-order valence-electron chi connectivity index (χ4n) is 2.86. The summed E-state index contributed by atoms with van der Waals surface area (Å²) < 4.78 is 6.96. The molecule has 0 spiro atoms. The first kappa shape index (κ1) is 19.7. The van der Waals surface area contributed by atoms with E-state index in [1.54, 1.807) is 29.8 Å². The molecule has 1 aromatic heterocycles. The number of para-hydroxylation sites is 1. The Morgan fingerprint density at radius 2 is 1.70 bits per heavy atom. The van der Waals surface area contributed by atoms with Gasteiger partial charge in [-0.2, -0.15) is 9.78 Å². The minimum atomic E-state index is 0.605. The predicted molar refractivity (Wildman–Crippen MR) is 122 cm³/mol. The number of hydrogen-bond donors (Lipinski definition) is 1. The number of methoxy groups -OCH3 is 1. The van der Waals surface area contributed by atoms with Crippen LogP contribution in [0.1, 0.15) is 11.1 Å². The molecule has 1 heterocycles. The molecule has 0 aliphatic heterocycles. The smallest absolute Gasteiger partial charge is 0.212 e. The van der Waals surface area contributed by atoms with Crippen LogP contribution < -0.4 is 10.5 Å². The van der Waals surface area contributed by atoms with Gasteiger partial charge in [0, 0.05) is 17.0 Å². The molecular weight excluding hydrogens is 394 g/mol. The summed E-state index contributed by atoms with van der Waals surface area (Å²) in [6, 6.07) is 25.5. The van der Waals surface area contributed by atoms with Crippen molar-refractivity contribution in [3.05, 3.63) is 90.0 Å². The zero-order valence-corrected chi connectivity index (χ0v) is 17.3. The molecule has 0 saturated carbocycles. The van der Waals surface area contributed by atoms with Crippen LogP contribution in [0.25, 0.3) is 11.4 Å². The number of nitrogen functional groups attached to an aromatic ring is 1. The van der Waals surface area contributed by atoms with E-state index >= 15 is 0 Å². The highest BCUT2D eigenvalue weighted by atomic mass is 32.2. The van der Waals surface area contributed by atoms with Gasteiger partial charge in [0.05, 0.1) is 13.3 Å². The zero-order valence-electron chi connectivity index (χ0n) is 16.5. The summed E-state index contributed by atoms with van der Waals surface area (Å²) in [5.41, 5.74) is 9.75. The fourth-order valence-corrected chi connectivity index (χ4v) is 3.71. The second-order valence-corrected chi connectivity index (χ2v) is 7.44. The summed E-state index contributed by atoms with van der Waals surface area (Å²) in [6.45, 7) is 0. The Labute approximate surface area is 179 Å². The van der Waals surface area contributed by atoms with Gasteiger partial charge in [-0.15, -0.1) is 10.2 Å². The topological polar surface area (TPSA) is 78.3 Å². The maximum absolute atomic E-state index is 6.18. The Morgan fingerprint density at radius 1 is 0.967 bits per heavy atom. The third-order valence-corrected chi connectivity index (χ3v) is 5.45. The van der Waals surface area contributed by atoms with Crippen molar-refractivity contribution in [1.29, 1.82) is 0 Å². The lowest BCUT2D eigenvalue weighted by atomic mass is 10.2. The lowest BCUT2D eigenvalue weighted by molar-refractivity contribution is 0.415. The van der Waals surface area contributed by atoms with Gasteiger partial charge in [-0.05, 0) is 47.5 Å². The highest BCUT2D eigenvalue weighted by Gasteiger charge is 2.16. The second kappa shape index (κ2) is 9.28. The Kier molecular flexibility index (Phi) is 6.10. The average molecular weight is 416 g/mol. The van der Waals surface area contributed by atoms with E-state index in [-0.39, 0.29) is 0 Å². The average Bonchev–Trinajstić information content (AvgIpc) is 3.20. The summed E-state index contributed by atoms with van der Waals surface area (Å²) in [7, 11) is 1.65. The number of hydrogen-bond acceptors (Lipinski definition) is 6. The van der Waals surface area contributed by atoms with Crippen LogP contribution in [0.4, 0.5) is 5.69 Å². The van der Waals surface area contributed by atoms with Crippen LogP contribution in [0, 0.1) is 0 Å². The van der Waals surface area contributed by atoms with Crippen molar-refractivity contribution < 1.29 is 4.74 Å². The van der Waals surface area contributed by atoms with Crippen molar-refractivity contribution in [3.63, 3.8) is 0 Å². The first-order valence-electron chi connectivity index (χ1n) is 9.40. The summed E-state index contributed by atoms with van der Waals surface area (Å²) in [5.74, 6) is 2.17. The molecule has 4 rings (SSSR count). The van der Waals surface area contributed by atoms with Gasteiger partial charge in [0.25, 0.3) is 0 Å². The molecule has 6 nitrogen and oxygen atoms in total. The molecule has 150 valence electrons. The molecule has 0 fully saturated rings. The predicted octanol–water partition coefficient (Wildman–Crippen LogP) is 4.71. The van der Waals surface area contributed by atoms with Crippen molar-refractivity contribution >= 4 is 23.7 Å². The van der Waals surface area contributed by atoms with Gasteiger partial charge in [0.2, 0.25) is 5.16 Å². The van der Waals surface area contributed by atoms with Gasteiger partial charge in [0.1, 0.15) is 5.75 Å². The molecule has 2 N–H and O–H groups in total. The van der Waals surface area contributed by atoms with Crippen LogP contribution in [-0.2, 0) is 5.75 Å². The lowest BCUT2D eigenvalue weighted by Crippen LogP contribution is -1.99. The first-order chi connectivity index (χ1) is 14.7. The first-order valence-corrected chi connectivity index (χ1v) is 10.4. The number of benzene rings is 3. The van der Waals surface area contributed by atoms with Crippen LogP contribution in [0.3, 0.4) is 0 Å². The third-order valence-electron chi connectivity index (χ3n) is 4.46. The van der Waals surface area contributed by atoms with Crippen LogP contribution in [-0.4, -0.2) is 28.2 Å². The Morgan fingerprint density at radius 3 is 2.43 bits per heavy atom. The molecule has 7 heteroatoms. The van der Waals surface area contributed by atoms with Crippen molar-refractivity contribution in [2.75, 3.05) is 12.8 Å². The highest BCUT2D eigenvalue weighted by Crippen LogP contribution is 2.29. The SMILES string of the molecule is COc1ccc(C=Nn2c(SCc3ccccc3)nnc2-c2ccccc2N)cc1. The summed E-state index contributed by atoms with van der Waals surface area (Å²) in [6.07, 6.45) is 1.78. The second-order valence-electron chi connectivity index (χ2n) is 6.50. The van der Waals surface area contributed by atoms with Crippen LogP contribution in [0.2, 0.25) is 0 Å². The monoisotopic (exact) mass is 415 g/mol. The van der Waals surface area contributed by atoms with E-state index in [0.717, 1.165) is 22.6 Å². The van der Waals surface area contributed by atoms with Gasteiger partial charge in [0.15, 0.2) is 5.82 Å². The summed E-state index contributed by atoms with van der Waals surface area (Å²) in [4.78, 5) is 0. The quantitative estimate of drug-likeness (QED) is 0.269. The number of aromatic nitrogens is 3. The fraction of sp³-hybridized carbons (Fsp3) is 0.0870. The van der Waals surface area contributed by atoms with Gasteiger partial charge >= 0.3 is 0 Å². The summed E-state index contributed by atoms with van der Waals surface area (Å²) >= 11 is 1.58. The molecule has 0 radical (unpaired) electrons. The molecule has 0 aliphatic carbocycles. The lowest BCUT2D eigenvalue weighted by Gasteiger charge is -2.07. The van der Waals surface area contributed by atoms with Crippen molar-refractivity contribution in [2.45, 2.75) is 10.9 Å². The van der Waals surface area contributed by atoms with Gasteiger partial charge < -0.3 is 10.5 Å². The molecule has 3 aromatic carbocycles. The van der Waals surface area contributed by atoms with E-state index in [1.807, 2.05) is 66.7 Å². The molecule has 4 aromatic rings. The van der Waals surface area contributed by atoms with Gasteiger partial charge in [-0.25, -0.2) is 0 Å². The maximum Gasteiger partial charge on any atom is 0.212 e. The minimum Gasteiger partial charge on any atom is -0.497 e. The van der Waals surface area contributed by atoms with Crippen molar-refractivity contribution in [2.24, 2.45) is 5.10 Å². The molecule has 0 saturated heterocycles. The van der Waals surface area contributed by atoms with Crippen molar-refractivity contribution in [1.82, 2.24) is 14.9 Å². The maximum atomic E-state index is 6.18. The third kappa shape index (κ3) is 4.52. The molecule has 30 heavy (non-hydrogen) atoms. The molecule has 0 atom stereocenters. The van der Waals surface area contributed by atoms with E-state index in [0.29, 0.717) is 16.7 Å². The van der Waals surface area contributed by atoms with Crippen molar-refractivity contribution in [3.8, 4) is 17.1 Å². The van der Waals surface area contributed by atoms with Crippen LogP contribution in [0.15, 0.2) is 89.1 Å². The van der Waals surface area contributed by atoms with E-state index in [9.17, 15) is 0 Å². The van der Waals surface area contributed by atoms with E-state index in [4.69, 9.17) is 10.5 Å². The molecule has 0 bridgehead atoms. The molecule has 0 amide bonds. The molecule has 0 unspecified atom stereocenters. The molecular formula is C23H21N5OS. The number of rotatable bonds is 7. The largest absolute Gasteiger partial charge is 0.497 e. The van der Waals surface area contributed by atoms with Crippen LogP contribution >= 0.6 is 11.8 Å². The Bertz CT molecular complexity index is 1140. The van der Waals surface area contributed by atoms with E-state index < -0.39 is 0 Å². The zero-order chi connectivity index (χ0) is 20.8. The Hall–Kier alpha value is -3.58. The summed E-state index contributed by atoms with van der Waals surface area (Å²) in [5, 5.41) is 14.1.